The van der Waals surface area contributed by atoms with Crippen LogP contribution in [-0.4, -0.2) is 51.1 Å². The summed E-state index contributed by atoms with van der Waals surface area (Å²) in [5, 5.41) is 13.6. The van der Waals surface area contributed by atoms with E-state index >= 15 is 0 Å². The molecule has 2 fully saturated rings. The molecule has 0 radical (unpaired) electrons. The van der Waals surface area contributed by atoms with Gasteiger partial charge in [-0.15, -0.1) is 5.10 Å². The molecule has 2 atom stereocenters. The second-order valence-electron chi connectivity index (χ2n) is 7.85. The largest absolute Gasteiger partial charge is 0.381 e. The number of aromatic nitrogens is 5. The monoisotopic (exact) mass is 374 g/mol. The third kappa shape index (κ3) is 2.36. The number of nitrogens with one attached hydrogen (secondary N) is 1. The van der Waals surface area contributed by atoms with E-state index in [9.17, 15) is 0 Å². The molecule has 4 aromatic rings. The van der Waals surface area contributed by atoms with Gasteiger partial charge in [0.2, 0.25) is 0 Å². The van der Waals surface area contributed by atoms with Crippen molar-refractivity contribution in [1.29, 1.82) is 0 Å². The average molecular weight is 374 g/mol. The summed E-state index contributed by atoms with van der Waals surface area (Å²) in [6.45, 7) is 5.93. The van der Waals surface area contributed by atoms with E-state index in [0.717, 1.165) is 66.7 Å². The Hall–Kier alpha value is -2.93. The number of nitrogens with zero attached hydrogens (tertiary/aromatic N) is 5. The maximum absolute atomic E-state index is 5.61. The van der Waals surface area contributed by atoms with E-state index < -0.39 is 0 Å². The molecule has 0 spiro atoms. The van der Waals surface area contributed by atoms with Crippen LogP contribution in [0.15, 0.2) is 36.5 Å². The molecule has 0 amide bonds. The van der Waals surface area contributed by atoms with Gasteiger partial charge in [0.15, 0.2) is 5.65 Å². The van der Waals surface area contributed by atoms with E-state index in [0.29, 0.717) is 11.8 Å². The number of benzene rings is 1. The summed E-state index contributed by atoms with van der Waals surface area (Å²) in [5.41, 5.74) is 5.13. The molecule has 2 aliphatic rings. The number of anilines is 1. The Balaban J connectivity index is 1.42. The summed E-state index contributed by atoms with van der Waals surface area (Å²) < 4.78 is 7.57. The summed E-state index contributed by atoms with van der Waals surface area (Å²) in [6, 6.07) is 10.5. The van der Waals surface area contributed by atoms with Gasteiger partial charge in [-0.1, -0.05) is 13.0 Å². The fraction of sp³-hybridized carbons (Fsp3) is 0.381. The maximum Gasteiger partial charge on any atom is 0.154 e. The lowest BCUT2D eigenvalue weighted by atomic mass is 10.0. The van der Waals surface area contributed by atoms with Crippen LogP contribution in [0.3, 0.4) is 0 Å². The van der Waals surface area contributed by atoms with Crippen LogP contribution < -0.4 is 4.90 Å². The average Bonchev–Trinajstić information content (AvgIpc) is 3.48. The van der Waals surface area contributed by atoms with E-state index in [2.05, 4.69) is 57.3 Å². The highest BCUT2D eigenvalue weighted by molar-refractivity contribution is 5.86. The smallest absolute Gasteiger partial charge is 0.154 e. The number of hydrogen-bond donors (Lipinski definition) is 1. The van der Waals surface area contributed by atoms with Crippen LogP contribution in [0.2, 0.25) is 0 Å². The zero-order valence-corrected chi connectivity index (χ0v) is 15.8. The van der Waals surface area contributed by atoms with E-state index in [1.807, 2.05) is 10.7 Å². The van der Waals surface area contributed by atoms with Crippen LogP contribution in [0, 0.1) is 11.8 Å². The van der Waals surface area contributed by atoms with Crippen molar-refractivity contribution >= 4 is 22.4 Å². The molecule has 1 N–H and O–H groups in total. The van der Waals surface area contributed by atoms with Gasteiger partial charge in [0.25, 0.3) is 0 Å². The molecule has 142 valence electrons. The minimum absolute atomic E-state index is 0.635. The molecule has 0 unspecified atom stereocenters. The molecule has 2 saturated heterocycles. The zero-order chi connectivity index (χ0) is 18.7. The van der Waals surface area contributed by atoms with Crippen molar-refractivity contribution in [2.75, 3.05) is 31.2 Å². The SMILES string of the molecule is CCc1n[nH]c2ccc(-c3cnc4ccc(N5C[C@H]6COC[C@@H]6C5)nn34)cc12. The number of rotatable bonds is 3. The molecular weight excluding hydrogens is 352 g/mol. The molecule has 1 aromatic carbocycles. The Bertz CT molecular complexity index is 1170. The normalized spacial score (nSPS) is 21.8. The topological polar surface area (TPSA) is 71.3 Å². The molecule has 2 aliphatic heterocycles. The van der Waals surface area contributed by atoms with Crippen molar-refractivity contribution in [3.05, 3.63) is 42.2 Å². The fourth-order valence-corrected chi connectivity index (χ4v) is 4.60. The highest BCUT2D eigenvalue weighted by Crippen LogP contribution is 2.32. The number of fused-ring (bicyclic) bond motifs is 3. The first-order valence-corrected chi connectivity index (χ1v) is 9.95. The van der Waals surface area contributed by atoms with Crippen LogP contribution in [0.5, 0.6) is 0 Å². The number of ether oxygens (including phenoxy) is 1. The lowest BCUT2D eigenvalue weighted by Crippen LogP contribution is -2.23. The van der Waals surface area contributed by atoms with Crippen molar-refractivity contribution in [3.8, 4) is 11.3 Å². The van der Waals surface area contributed by atoms with Gasteiger partial charge in [0, 0.05) is 35.9 Å². The van der Waals surface area contributed by atoms with E-state index in [-0.39, 0.29) is 0 Å². The Morgan fingerprint density at radius 3 is 2.82 bits per heavy atom. The number of aryl methyl sites for hydroxylation is 1. The van der Waals surface area contributed by atoms with Crippen molar-refractivity contribution < 1.29 is 4.74 Å². The first-order valence-electron chi connectivity index (χ1n) is 9.95. The lowest BCUT2D eigenvalue weighted by molar-refractivity contribution is 0.177. The van der Waals surface area contributed by atoms with Gasteiger partial charge in [-0.3, -0.25) is 5.10 Å². The molecule has 28 heavy (non-hydrogen) atoms. The lowest BCUT2D eigenvalue weighted by Gasteiger charge is -2.18. The van der Waals surface area contributed by atoms with Crippen molar-refractivity contribution in [1.82, 2.24) is 24.8 Å². The Kier molecular flexibility index (Phi) is 3.46. The molecule has 0 aliphatic carbocycles. The molecule has 7 heteroatoms. The summed E-state index contributed by atoms with van der Waals surface area (Å²) in [6.07, 6.45) is 2.81. The zero-order valence-electron chi connectivity index (χ0n) is 15.8. The number of H-pyrrole nitrogens is 1. The minimum Gasteiger partial charge on any atom is -0.381 e. The van der Waals surface area contributed by atoms with Gasteiger partial charge in [-0.25, -0.2) is 9.50 Å². The summed E-state index contributed by atoms with van der Waals surface area (Å²) in [5.74, 6) is 2.28. The van der Waals surface area contributed by atoms with Gasteiger partial charge < -0.3 is 9.64 Å². The highest BCUT2D eigenvalue weighted by Gasteiger charge is 2.37. The molecule has 0 saturated carbocycles. The fourth-order valence-electron chi connectivity index (χ4n) is 4.60. The van der Waals surface area contributed by atoms with Crippen LogP contribution in [0.25, 0.3) is 27.8 Å². The first kappa shape index (κ1) is 16.1. The second-order valence-corrected chi connectivity index (χ2v) is 7.85. The second kappa shape index (κ2) is 6.04. The van der Waals surface area contributed by atoms with Gasteiger partial charge in [0.05, 0.1) is 36.3 Å². The van der Waals surface area contributed by atoms with Gasteiger partial charge in [0.1, 0.15) is 5.82 Å². The standard InChI is InChI=1S/C21H22N6O/c1-2-17-16-7-13(3-4-18(16)24-23-17)19-8-22-20-5-6-21(25-27(19)20)26-9-14-11-28-12-15(14)10-26/h3-8,14-15H,2,9-12H2,1H3,(H,23,24)/t14-,15-/m0/s1. The predicted octanol–water partition coefficient (Wildman–Crippen LogP) is 2.92. The minimum atomic E-state index is 0.635. The number of hydrogen-bond acceptors (Lipinski definition) is 5. The molecule has 3 aromatic heterocycles. The predicted molar refractivity (Wildman–Crippen MR) is 107 cm³/mol. The van der Waals surface area contributed by atoms with E-state index in [1.54, 1.807) is 0 Å². The van der Waals surface area contributed by atoms with Crippen molar-refractivity contribution in [2.24, 2.45) is 11.8 Å². The molecule has 7 nitrogen and oxygen atoms in total. The molecule has 0 bridgehead atoms. The Morgan fingerprint density at radius 1 is 1.14 bits per heavy atom. The summed E-state index contributed by atoms with van der Waals surface area (Å²) in [4.78, 5) is 6.95. The molecule has 6 rings (SSSR count). The summed E-state index contributed by atoms with van der Waals surface area (Å²) in [7, 11) is 0. The third-order valence-corrected chi connectivity index (χ3v) is 6.18. The van der Waals surface area contributed by atoms with Gasteiger partial charge >= 0.3 is 0 Å². The van der Waals surface area contributed by atoms with E-state index in [4.69, 9.17) is 9.84 Å². The van der Waals surface area contributed by atoms with Crippen LogP contribution in [0.1, 0.15) is 12.6 Å². The highest BCUT2D eigenvalue weighted by atomic mass is 16.5. The maximum atomic E-state index is 5.61. The number of aromatic amines is 1. The van der Waals surface area contributed by atoms with Gasteiger partial charge in [-0.2, -0.15) is 5.10 Å². The van der Waals surface area contributed by atoms with Crippen LogP contribution >= 0.6 is 0 Å². The Labute approximate surface area is 162 Å². The quantitative estimate of drug-likeness (QED) is 0.597. The third-order valence-electron chi connectivity index (χ3n) is 6.18. The van der Waals surface area contributed by atoms with Gasteiger partial charge in [-0.05, 0) is 30.7 Å². The molecule has 5 heterocycles. The first-order chi connectivity index (χ1) is 13.8. The van der Waals surface area contributed by atoms with E-state index in [1.165, 1.54) is 5.39 Å². The van der Waals surface area contributed by atoms with Crippen molar-refractivity contribution in [2.45, 2.75) is 13.3 Å². The molecular formula is C21H22N6O. The number of imidazole rings is 1. The Morgan fingerprint density at radius 2 is 2.00 bits per heavy atom. The summed E-state index contributed by atoms with van der Waals surface area (Å²) >= 11 is 0. The van der Waals surface area contributed by atoms with Crippen LogP contribution in [-0.2, 0) is 11.2 Å². The van der Waals surface area contributed by atoms with Crippen molar-refractivity contribution in [3.63, 3.8) is 0 Å². The van der Waals surface area contributed by atoms with Crippen LogP contribution in [0.4, 0.5) is 5.82 Å².